The van der Waals surface area contributed by atoms with Gasteiger partial charge in [-0.1, -0.05) is 300 Å². The molecule has 0 fully saturated rings. The first-order valence-electron chi connectivity index (χ1n) is 36.4. The summed E-state index contributed by atoms with van der Waals surface area (Å²) in [7, 11) is 2.34. The fourth-order valence-electron chi connectivity index (χ4n) is 13.4. The Balaban J connectivity index is 1.38. The van der Waals surface area contributed by atoms with Gasteiger partial charge in [0.25, 0.3) is 0 Å². The predicted octanol–water partition coefficient (Wildman–Crippen LogP) is 26.9. The second-order valence-electron chi connectivity index (χ2n) is 29.0. The number of unbranched alkanes of at least 4 members (excludes halogenated alkanes) is 32. The lowest BCUT2D eigenvalue weighted by atomic mass is 9.92. The quantitative estimate of drug-likeness (QED) is 0.0217. The molecule has 0 aliphatic rings. The van der Waals surface area contributed by atoms with Crippen molar-refractivity contribution in [3.05, 3.63) is 46.2 Å². The average Bonchev–Trinajstić information content (AvgIpc) is 1.54. The van der Waals surface area contributed by atoms with Crippen LogP contribution in [0.4, 0.5) is 11.4 Å². The molecule has 0 saturated heterocycles. The molecule has 2 atom stereocenters. The van der Waals surface area contributed by atoms with E-state index in [0.29, 0.717) is 11.8 Å². The van der Waals surface area contributed by atoms with Crippen molar-refractivity contribution < 1.29 is 4.79 Å². The van der Waals surface area contributed by atoms with E-state index in [0.717, 1.165) is 46.5 Å². The van der Waals surface area contributed by atoms with E-state index < -0.39 is 0 Å². The van der Waals surface area contributed by atoms with E-state index in [9.17, 15) is 4.79 Å². The van der Waals surface area contributed by atoms with Crippen LogP contribution in [0.1, 0.15) is 336 Å². The number of anilines is 2. The molecule has 0 bridgehead atoms. The average molecular weight is 1230 g/mol. The van der Waals surface area contributed by atoms with Gasteiger partial charge in [-0.2, -0.15) is 0 Å². The molecule has 2 aromatic carbocycles. The van der Waals surface area contributed by atoms with Crippen LogP contribution in [0.5, 0.6) is 0 Å². The number of hydrogen-bond donors (Lipinski definition) is 0. The molecule has 0 N–H and O–H groups in total. The van der Waals surface area contributed by atoms with Crippen molar-refractivity contribution in [1.82, 2.24) is 9.97 Å². The molecule has 0 aliphatic heterocycles. The normalized spacial score (nSPS) is 13.1. The molecule has 4 heterocycles. The summed E-state index contributed by atoms with van der Waals surface area (Å²) >= 11 is 5.80. The fraction of sp³-hybridized carbons (Fsp3) is 0.731. The standard InChI is InChI=1S/C78H126N4OS3/c1-12-16-20-24-28-32-34-38-41-45-49-61(48-44-40-36-30-26-22-18-14-3)58-81(11)67-56-65-66(57-68(67)82(60-83)59-62(50-46-42-37-31-27-23-19-15-4)51-47-43-39-35-33-29-25-21-17-13-2)80-74-64-55-72(78(8,9)10)86-76(64)75-63(73(74)79-65)54-70(85-75)69-52-53-71(84-69)77(5,6)7/h52-57,60-62H,12-51,58-59H2,1-11H3. The van der Waals surface area contributed by atoms with E-state index in [1.807, 2.05) is 34.0 Å². The predicted molar refractivity (Wildman–Crippen MR) is 390 cm³/mol. The molecule has 6 rings (SSSR count). The Morgan fingerprint density at radius 1 is 0.407 bits per heavy atom. The number of nitrogens with zero attached hydrogens (tertiary/aromatic N) is 4. The Kier molecular flexibility index (Phi) is 32.9. The van der Waals surface area contributed by atoms with Crippen LogP contribution < -0.4 is 9.80 Å². The van der Waals surface area contributed by atoms with Crippen LogP contribution in [-0.2, 0) is 15.6 Å². The maximum absolute atomic E-state index is 14.1. The minimum atomic E-state index is -0.00209. The molecule has 482 valence electrons. The highest BCUT2D eigenvalue weighted by molar-refractivity contribution is 7.30. The van der Waals surface area contributed by atoms with Crippen molar-refractivity contribution in [2.45, 2.75) is 337 Å². The molecular weight excluding hydrogens is 1110 g/mol. The second kappa shape index (κ2) is 39.2. The van der Waals surface area contributed by atoms with E-state index in [-0.39, 0.29) is 10.8 Å². The maximum Gasteiger partial charge on any atom is 0.214 e. The van der Waals surface area contributed by atoms with Gasteiger partial charge < -0.3 is 9.80 Å². The summed E-state index contributed by atoms with van der Waals surface area (Å²) in [5, 5.41) is 2.42. The van der Waals surface area contributed by atoms with Gasteiger partial charge in [-0.3, -0.25) is 4.79 Å². The molecule has 1 amide bonds. The van der Waals surface area contributed by atoms with Crippen molar-refractivity contribution in [1.29, 1.82) is 0 Å². The third kappa shape index (κ3) is 23.6. The van der Waals surface area contributed by atoms with E-state index >= 15 is 0 Å². The molecule has 5 nitrogen and oxygen atoms in total. The number of rotatable bonds is 48. The topological polar surface area (TPSA) is 49.3 Å². The molecule has 8 heteroatoms. The maximum atomic E-state index is 14.1. The van der Waals surface area contributed by atoms with Gasteiger partial charge in [-0.05, 0) is 84.7 Å². The minimum absolute atomic E-state index is 0.00209. The van der Waals surface area contributed by atoms with Gasteiger partial charge in [-0.25, -0.2) is 9.97 Å². The van der Waals surface area contributed by atoms with E-state index in [1.165, 1.54) is 303 Å². The van der Waals surface area contributed by atoms with Crippen LogP contribution in [0.2, 0.25) is 0 Å². The van der Waals surface area contributed by atoms with Gasteiger partial charge in [0.1, 0.15) is 0 Å². The zero-order valence-electron chi connectivity index (χ0n) is 57.3. The number of hydrogen-bond acceptors (Lipinski definition) is 7. The monoisotopic (exact) mass is 1230 g/mol. The van der Waals surface area contributed by atoms with Crippen LogP contribution in [-0.4, -0.2) is 36.5 Å². The summed E-state index contributed by atoms with van der Waals surface area (Å²) in [5.74, 6) is 1.06. The molecular formula is C78H126N4OS3. The number of carbonyl (C=O) groups is 1. The summed E-state index contributed by atoms with van der Waals surface area (Å²) in [6.07, 6.45) is 54.8. The SMILES string of the molecule is CCCCCCCCCCCCC(CCCCCCCCCC)CN(C)c1cc2nc3c4cc(-c5ccc(C(C)(C)C)s5)sc4c4sc(C(C)(C)C)cc4c3nc2cc1N(C=O)CC(CCCCCCCCCC)CCCCCCCCCCCC. The molecule has 0 radical (unpaired) electrons. The Morgan fingerprint density at radius 3 is 1.15 bits per heavy atom. The van der Waals surface area contributed by atoms with Crippen molar-refractivity contribution in [2.75, 3.05) is 29.9 Å². The molecule has 0 saturated carbocycles. The Bertz CT molecular complexity index is 2800. The first kappa shape index (κ1) is 72.0. The molecule has 2 unspecified atom stereocenters. The minimum Gasteiger partial charge on any atom is -0.373 e. The molecule has 0 spiro atoms. The van der Waals surface area contributed by atoms with E-state index in [4.69, 9.17) is 9.97 Å². The summed E-state index contributed by atoms with van der Waals surface area (Å²) in [5.41, 5.74) is 6.04. The first-order chi connectivity index (χ1) is 41.7. The molecule has 4 aromatic heterocycles. The van der Waals surface area contributed by atoms with Gasteiger partial charge in [0, 0.05) is 50.4 Å². The van der Waals surface area contributed by atoms with E-state index in [1.54, 1.807) is 0 Å². The fourth-order valence-corrected chi connectivity index (χ4v) is 17.1. The van der Waals surface area contributed by atoms with Gasteiger partial charge in [0.05, 0.1) is 42.8 Å². The third-order valence-electron chi connectivity index (χ3n) is 19.0. The van der Waals surface area contributed by atoms with Crippen molar-refractivity contribution in [3.63, 3.8) is 0 Å². The Labute approximate surface area is 539 Å². The van der Waals surface area contributed by atoms with Crippen molar-refractivity contribution >= 4 is 94.0 Å². The van der Waals surface area contributed by atoms with Crippen LogP contribution >= 0.6 is 34.0 Å². The largest absolute Gasteiger partial charge is 0.373 e. The third-order valence-corrected chi connectivity index (χ3v) is 23.5. The lowest BCUT2D eigenvalue weighted by molar-refractivity contribution is -0.107. The first-order valence-corrected chi connectivity index (χ1v) is 38.8. The zero-order valence-corrected chi connectivity index (χ0v) is 59.8. The Morgan fingerprint density at radius 2 is 0.767 bits per heavy atom. The molecule has 86 heavy (non-hydrogen) atoms. The van der Waals surface area contributed by atoms with Gasteiger partial charge in [0.2, 0.25) is 6.41 Å². The smallest absolute Gasteiger partial charge is 0.214 e. The lowest BCUT2D eigenvalue weighted by Crippen LogP contribution is -2.32. The van der Waals surface area contributed by atoms with Crippen molar-refractivity contribution in [3.8, 4) is 9.75 Å². The number of fused-ring (bicyclic) bond motifs is 7. The highest BCUT2D eigenvalue weighted by Crippen LogP contribution is 2.49. The summed E-state index contributed by atoms with van der Waals surface area (Å²) in [6, 6.07) is 14.2. The van der Waals surface area contributed by atoms with Gasteiger partial charge in [0.15, 0.2) is 0 Å². The van der Waals surface area contributed by atoms with Crippen LogP contribution in [0.15, 0.2) is 36.4 Å². The summed E-state index contributed by atoms with van der Waals surface area (Å²) in [6.45, 7) is 25.0. The molecule has 0 aliphatic carbocycles. The zero-order chi connectivity index (χ0) is 61.6. The number of thiophene rings is 3. The molecule has 6 aromatic rings. The van der Waals surface area contributed by atoms with Crippen LogP contribution in [0.3, 0.4) is 0 Å². The summed E-state index contributed by atoms with van der Waals surface area (Å²) < 4.78 is 2.64. The highest BCUT2D eigenvalue weighted by atomic mass is 32.1. The lowest BCUT2D eigenvalue weighted by Gasteiger charge is -2.32. The van der Waals surface area contributed by atoms with Gasteiger partial charge >= 0.3 is 0 Å². The highest BCUT2D eigenvalue weighted by Gasteiger charge is 2.27. The number of carbonyl (C=O) groups excluding carboxylic acids is 1. The number of aromatic nitrogens is 2. The number of amides is 1. The van der Waals surface area contributed by atoms with Gasteiger partial charge in [-0.15, -0.1) is 34.0 Å². The Hall–Kier alpha value is -3.07. The van der Waals surface area contributed by atoms with E-state index in [2.05, 4.69) is 122 Å². The number of benzene rings is 2. The van der Waals surface area contributed by atoms with Crippen LogP contribution in [0, 0.1) is 11.8 Å². The van der Waals surface area contributed by atoms with Crippen molar-refractivity contribution in [2.24, 2.45) is 11.8 Å². The summed E-state index contributed by atoms with van der Waals surface area (Å²) in [4.78, 5) is 35.7. The van der Waals surface area contributed by atoms with Crippen LogP contribution in [0.25, 0.3) is 52.0 Å². The second-order valence-corrected chi connectivity index (χ2v) is 32.1.